The number of halogens is 5. The molecule has 9 heteroatoms. The molecule has 2 aromatic carbocycles. The summed E-state index contributed by atoms with van der Waals surface area (Å²) in [6.07, 6.45) is 0. The molecule has 0 saturated heterocycles. The zero-order chi connectivity index (χ0) is 18.6. The number of ether oxygens (including phenoxy) is 1. The van der Waals surface area contributed by atoms with E-state index in [1.54, 1.807) is 6.07 Å². The molecule has 1 N–H and O–H groups in total. The maximum Gasteiger partial charge on any atom is 0.277 e. The smallest absolute Gasteiger partial charge is 0.277 e. The van der Waals surface area contributed by atoms with Crippen LogP contribution >= 0.6 is 75.3 Å². The minimum absolute atomic E-state index is 0.204. The molecule has 2 rings (SSSR count). The molecule has 0 heterocycles. The van der Waals surface area contributed by atoms with Gasteiger partial charge in [-0.1, -0.05) is 39.7 Å². The standard InChI is InChI=1S/C16H11Br4ClN2O2/c1-8(9-3-2-4-10(17)5-9)22-23-13(24)7-25-16-12(19)6-11(18)15(21)14(16)20/h2-6H,7H2,1H3,(H,23,24)/b22-8+. The lowest BCUT2D eigenvalue weighted by Gasteiger charge is -2.12. The summed E-state index contributed by atoms with van der Waals surface area (Å²) in [7, 11) is 0. The zero-order valence-corrected chi connectivity index (χ0v) is 19.8. The van der Waals surface area contributed by atoms with Gasteiger partial charge in [-0.3, -0.25) is 4.79 Å². The number of carbonyl (C=O) groups excluding carboxylic acids is 1. The third-order valence-electron chi connectivity index (χ3n) is 3.01. The molecule has 0 atom stereocenters. The minimum atomic E-state index is -0.382. The van der Waals surface area contributed by atoms with Gasteiger partial charge in [0.2, 0.25) is 0 Å². The quantitative estimate of drug-likeness (QED) is 0.185. The first-order valence-corrected chi connectivity index (χ1v) is 10.4. The van der Waals surface area contributed by atoms with Crippen LogP contribution in [-0.2, 0) is 4.79 Å². The fraction of sp³-hybridized carbons (Fsp3) is 0.125. The molecule has 0 saturated carbocycles. The van der Waals surface area contributed by atoms with Gasteiger partial charge in [0, 0.05) is 8.95 Å². The Morgan fingerprint density at radius 1 is 1.20 bits per heavy atom. The van der Waals surface area contributed by atoms with E-state index in [9.17, 15) is 4.79 Å². The van der Waals surface area contributed by atoms with Crippen LogP contribution in [0.5, 0.6) is 5.75 Å². The van der Waals surface area contributed by atoms with E-state index in [1.807, 2.05) is 31.2 Å². The lowest BCUT2D eigenvalue weighted by atomic mass is 10.1. The summed E-state index contributed by atoms with van der Waals surface area (Å²) in [6.45, 7) is 1.61. The Kier molecular flexibility index (Phi) is 7.94. The van der Waals surface area contributed by atoms with Crippen LogP contribution in [0.25, 0.3) is 0 Å². The van der Waals surface area contributed by atoms with Crippen molar-refractivity contribution in [1.29, 1.82) is 0 Å². The van der Waals surface area contributed by atoms with Crippen LogP contribution in [0.4, 0.5) is 0 Å². The van der Waals surface area contributed by atoms with E-state index in [2.05, 4.69) is 74.2 Å². The molecule has 2 aromatic rings. The van der Waals surface area contributed by atoms with Crippen molar-refractivity contribution in [2.45, 2.75) is 6.92 Å². The molecule has 0 aromatic heterocycles. The molecule has 0 fully saturated rings. The number of hydrazone groups is 1. The Bertz CT molecular complexity index is 843. The van der Waals surface area contributed by atoms with Gasteiger partial charge in [0.1, 0.15) is 5.75 Å². The summed E-state index contributed by atoms with van der Waals surface area (Å²) in [5.41, 5.74) is 4.06. The summed E-state index contributed by atoms with van der Waals surface area (Å²) in [4.78, 5) is 12.0. The van der Waals surface area contributed by atoms with Gasteiger partial charge in [-0.2, -0.15) is 5.10 Å². The first-order valence-electron chi connectivity index (χ1n) is 6.84. The molecule has 25 heavy (non-hydrogen) atoms. The van der Waals surface area contributed by atoms with Gasteiger partial charge in [-0.15, -0.1) is 0 Å². The lowest BCUT2D eigenvalue weighted by molar-refractivity contribution is -0.123. The van der Waals surface area contributed by atoms with Crippen molar-refractivity contribution in [3.63, 3.8) is 0 Å². The average molecular weight is 618 g/mol. The Balaban J connectivity index is 2.00. The van der Waals surface area contributed by atoms with Gasteiger partial charge in [-0.25, -0.2) is 5.43 Å². The first-order chi connectivity index (χ1) is 11.8. The first kappa shape index (κ1) is 20.9. The minimum Gasteiger partial charge on any atom is -0.481 e. The molecule has 1 amide bonds. The van der Waals surface area contributed by atoms with E-state index in [-0.39, 0.29) is 12.5 Å². The number of rotatable bonds is 5. The van der Waals surface area contributed by atoms with Gasteiger partial charge >= 0.3 is 0 Å². The highest BCUT2D eigenvalue weighted by atomic mass is 79.9. The molecule has 132 valence electrons. The van der Waals surface area contributed by atoms with Crippen molar-refractivity contribution in [3.8, 4) is 5.75 Å². The SMILES string of the molecule is C/C(=N\NC(=O)COc1c(Br)cc(Br)c(Cl)c1Br)c1cccc(Br)c1. The highest BCUT2D eigenvalue weighted by Crippen LogP contribution is 2.42. The zero-order valence-electron chi connectivity index (χ0n) is 12.7. The molecule has 0 aliphatic heterocycles. The maximum atomic E-state index is 12.0. The maximum absolute atomic E-state index is 12.0. The fourth-order valence-electron chi connectivity index (χ4n) is 1.78. The normalized spacial score (nSPS) is 11.4. The summed E-state index contributed by atoms with van der Waals surface area (Å²) >= 11 is 19.6. The summed E-state index contributed by atoms with van der Waals surface area (Å²) < 4.78 is 8.40. The molecular formula is C16H11Br4ClN2O2. The monoisotopic (exact) mass is 614 g/mol. The van der Waals surface area contributed by atoms with Gasteiger partial charge in [0.05, 0.1) is 19.7 Å². The molecule has 0 spiro atoms. The third kappa shape index (κ3) is 5.79. The number of hydrogen-bond acceptors (Lipinski definition) is 3. The van der Waals surface area contributed by atoms with E-state index in [4.69, 9.17) is 16.3 Å². The number of nitrogens with zero attached hydrogens (tertiary/aromatic N) is 1. The largest absolute Gasteiger partial charge is 0.481 e. The molecule has 0 aliphatic rings. The second kappa shape index (κ2) is 9.50. The molecule has 0 bridgehead atoms. The van der Waals surface area contributed by atoms with Crippen molar-refractivity contribution in [1.82, 2.24) is 5.43 Å². The number of amides is 1. The van der Waals surface area contributed by atoms with Crippen molar-refractivity contribution in [2.75, 3.05) is 6.61 Å². The van der Waals surface area contributed by atoms with Crippen molar-refractivity contribution < 1.29 is 9.53 Å². The van der Waals surface area contributed by atoms with E-state index in [0.29, 0.717) is 29.9 Å². The number of nitrogens with one attached hydrogen (secondary N) is 1. The van der Waals surface area contributed by atoms with Crippen molar-refractivity contribution in [2.24, 2.45) is 5.10 Å². The van der Waals surface area contributed by atoms with E-state index in [0.717, 1.165) is 10.0 Å². The Morgan fingerprint density at radius 3 is 2.60 bits per heavy atom. The number of benzene rings is 2. The van der Waals surface area contributed by atoms with Crippen LogP contribution in [0.1, 0.15) is 12.5 Å². The molecule has 4 nitrogen and oxygen atoms in total. The second-order valence-corrected chi connectivity index (χ2v) is 8.62. The average Bonchev–Trinajstić information content (AvgIpc) is 2.57. The molecule has 0 aliphatic carbocycles. The van der Waals surface area contributed by atoms with Crippen LogP contribution in [0, 0.1) is 0 Å². The number of carbonyl (C=O) groups is 1. The molecule has 0 radical (unpaired) electrons. The van der Waals surface area contributed by atoms with Gasteiger partial charge in [0.15, 0.2) is 6.61 Å². The highest BCUT2D eigenvalue weighted by molar-refractivity contribution is 9.11. The van der Waals surface area contributed by atoms with Crippen LogP contribution in [-0.4, -0.2) is 18.2 Å². The van der Waals surface area contributed by atoms with E-state index < -0.39 is 0 Å². The predicted octanol–water partition coefficient (Wildman–Crippen LogP) is 6.31. The fourth-order valence-corrected chi connectivity index (χ4v) is 4.67. The number of hydrogen-bond donors (Lipinski definition) is 1. The Morgan fingerprint density at radius 2 is 1.92 bits per heavy atom. The lowest BCUT2D eigenvalue weighted by Crippen LogP contribution is -2.25. The van der Waals surface area contributed by atoms with Gasteiger partial charge in [0.25, 0.3) is 5.91 Å². The Labute approximate surface area is 183 Å². The van der Waals surface area contributed by atoms with Crippen LogP contribution in [0.2, 0.25) is 5.02 Å². The predicted molar refractivity (Wildman–Crippen MR) is 115 cm³/mol. The summed E-state index contributed by atoms with van der Waals surface area (Å²) in [5.74, 6) is 0.0585. The second-order valence-electron chi connectivity index (χ2n) is 4.83. The van der Waals surface area contributed by atoms with Gasteiger partial charge < -0.3 is 4.74 Å². The van der Waals surface area contributed by atoms with Crippen LogP contribution in [0.15, 0.2) is 53.3 Å². The molecular weight excluding hydrogens is 607 g/mol. The third-order valence-corrected chi connectivity index (χ3v) is 6.32. The van der Waals surface area contributed by atoms with Crippen LogP contribution < -0.4 is 10.2 Å². The van der Waals surface area contributed by atoms with Crippen molar-refractivity contribution >= 4 is 86.9 Å². The Hall–Kier alpha value is -0.410. The van der Waals surface area contributed by atoms with E-state index >= 15 is 0 Å². The van der Waals surface area contributed by atoms with E-state index in [1.165, 1.54) is 0 Å². The van der Waals surface area contributed by atoms with Crippen molar-refractivity contribution in [3.05, 3.63) is 58.8 Å². The van der Waals surface area contributed by atoms with Gasteiger partial charge in [-0.05, 0) is 78.5 Å². The summed E-state index contributed by atoms with van der Waals surface area (Å²) in [5, 5.41) is 4.54. The summed E-state index contributed by atoms with van der Waals surface area (Å²) in [6, 6.07) is 9.39. The highest BCUT2D eigenvalue weighted by Gasteiger charge is 2.15. The molecule has 0 unspecified atom stereocenters. The van der Waals surface area contributed by atoms with Crippen LogP contribution in [0.3, 0.4) is 0 Å². The topological polar surface area (TPSA) is 50.7 Å².